The highest BCUT2D eigenvalue weighted by atomic mass is 16.5. The van der Waals surface area contributed by atoms with E-state index in [1.54, 1.807) is 12.0 Å². The number of carbonyl (C=O) groups is 2. The number of aryl methyl sites for hydroxylation is 1. The van der Waals surface area contributed by atoms with E-state index in [2.05, 4.69) is 24.3 Å². The summed E-state index contributed by atoms with van der Waals surface area (Å²) in [5.41, 5.74) is 3.54. The molecule has 2 heterocycles. The molecule has 0 aliphatic carbocycles. The number of para-hydroxylation sites is 1. The predicted molar refractivity (Wildman–Crippen MR) is 112 cm³/mol. The Hall–Kier alpha value is -2.83. The molecule has 0 unspecified atom stereocenters. The summed E-state index contributed by atoms with van der Waals surface area (Å²) in [5, 5.41) is 7.52. The van der Waals surface area contributed by atoms with E-state index < -0.39 is 0 Å². The first kappa shape index (κ1) is 20.9. The minimum Gasteiger partial charge on any atom is -0.496 e. The Balaban J connectivity index is 1.62. The van der Waals surface area contributed by atoms with Gasteiger partial charge in [-0.1, -0.05) is 18.2 Å². The van der Waals surface area contributed by atoms with Crippen LogP contribution in [-0.2, 0) is 16.0 Å². The zero-order chi connectivity index (χ0) is 21.1. The number of benzene rings is 1. The average Bonchev–Trinajstić information content (AvgIpc) is 3.21. The van der Waals surface area contributed by atoms with Crippen LogP contribution in [0.2, 0.25) is 0 Å². The normalized spacial score (nSPS) is 16.6. The van der Waals surface area contributed by atoms with Crippen LogP contribution in [0.25, 0.3) is 0 Å². The molecule has 3 rings (SSSR count). The second kappa shape index (κ2) is 8.68. The van der Waals surface area contributed by atoms with Crippen LogP contribution in [0, 0.1) is 19.8 Å². The number of amides is 2. The lowest BCUT2D eigenvalue weighted by molar-refractivity contribution is -0.128. The van der Waals surface area contributed by atoms with Gasteiger partial charge in [-0.15, -0.1) is 0 Å². The van der Waals surface area contributed by atoms with Gasteiger partial charge in [0, 0.05) is 25.6 Å². The number of nitrogens with one attached hydrogen (secondary N) is 1. The Morgan fingerprint density at radius 1 is 1.31 bits per heavy atom. The van der Waals surface area contributed by atoms with Crippen molar-refractivity contribution in [1.82, 2.24) is 14.7 Å². The third kappa shape index (κ3) is 4.44. The average molecular weight is 399 g/mol. The number of hydrogen-bond donors (Lipinski definition) is 1. The van der Waals surface area contributed by atoms with E-state index >= 15 is 0 Å². The van der Waals surface area contributed by atoms with Gasteiger partial charge in [0.05, 0.1) is 30.1 Å². The van der Waals surface area contributed by atoms with E-state index in [0.717, 1.165) is 28.4 Å². The van der Waals surface area contributed by atoms with Gasteiger partial charge in [-0.05, 0) is 45.7 Å². The number of nitrogens with zero attached hydrogens (tertiary/aromatic N) is 3. The molecule has 2 aromatic rings. The van der Waals surface area contributed by atoms with Crippen molar-refractivity contribution in [3.8, 4) is 5.75 Å². The zero-order valence-corrected chi connectivity index (χ0v) is 17.9. The fourth-order valence-electron chi connectivity index (χ4n) is 3.90. The van der Waals surface area contributed by atoms with Crippen molar-refractivity contribution in [1.29, 1.82) is 0 Å². The molecule has 1 atom stereocenters. The van der Waals surface area contributed by atoms with E-state index in [1.807, 2.05) is 42.8 Å². The van der Waals surface area contributed by atoms with Crippen LogP contribution < -0.4 is 10.1 Å². The monoisotopic (exact) mass is 398 g/mol. The van der Waals surface area contributed by atoms with E-state index in [0.29, 0.717) is 19.5 Å². The Bertz CT molecular complexity index is 903. The molecule has 1 saturated heterocycles. The number of anilines is 1. The van der Waals surface area contributed by atoms with Gasteiger partial charge in [0.1, 0.15) is 5.75 Å². The molecule has 1 aromatic carbocycles. The fourth-order valence-corrected chi connectivity index (χ4v) is 3.90. The van der Waals surface area contributed by atoms with E-state index in [4.69, 9.17) is 4.74 Å². The molecule has 1 fully saturated rings. The van der Waals surface area contributed by atoms with Gasteiger partial charge >= 0.3 is 0 Å². The molecule has 1 aliphatic rings. The van der Waals surface area contributed by atoms with Crippen molar-refractivity contribution < 1.29 is 14.3 Å². The third-order valence-corrected chi connectivity index (χ3v) is 5.49. The summed E-state index contributed by atoms with van der Waals surface area (Å²) in [6.45, 7) is 8.97. The number of ether oxygens (including phenoxy) is 1. The first-order valence-electron chi connectivity index (χ1n) is 10.1. The number of hydrogen-bond acceptors (Lipinski definition) is 4. The highest BCUT2D eigenvalue weighted by Crippen LogP contribution is 2.26. The van der Waals surface area contributed by atoms with Crippen LogP contribution in [-0.4, -0.2) is 46.7 Å². The molecule has 1 aromatic heterocycles. The zero-order valence-electron chi connectivity index (χ0n) is 17.9. The Labute approximate surface area is 172 Å². The largest absolute Gasteiger partial charge is 0.496 e. The standard InChI is InChI=1S/C22H30N4O3/c1-14(2)26-16(4)21(15(3)24-26)23-22(28)18-12-20(27)25(13-18)11-10-17-8-6-7-9-19(17)29-5/h6-9,14,18H,10-13H2,1-5H3,(H,23,28)/t18-/m0/s1. The van der Waals surface area contributed by atoms with Gasteiger partial charge in [-0.2, -0.15) is 5.10 Å². The number of likely N-dealkylation sites (tertiary alicyclic amines) is 1. The summed E-state index contributed by atoms with van der Waals surface area (Å²) in [6.07, 6.45) is 0.942. The van der Waals surface area contributed by atoms with Gasteiger partial charge < -0.3 is 15.0 Å². The van der Waals surface area contributed by atoms with Gasteiger partial charge in [-0.3, -0.25) is 14.3 Å². The van der Waals surface area contributed by atoms with Crippen LogP contribution in [0.1, 0.15) is 43.3 Å². The maximum absolute atomic E-state index is 12.8. The summed E-state index contributed by atoms with van der Waals surface area (Å²) in [4.78, 5) is 27.0. The molecular formula is C22H30N4O3. The minimum absolute atomic E-state index is 0.0198. The Morgan fingerprint density at radius 2 is 2.03 bits per heavy atom. The van der Waals surface area contributed by atoms with Crippen molar-refractivity contribution >= 4 is 17.5 Å². The second-order valence-corrected chi connectivity index (χ2v) is 7.88. The molecule has 0 radical (unpaired) electrons. The van der Waals surface area contributed by atoms with E-state index in [1.165, 1.54) is 0 Å². The minimum atomic E-state index is -0.346. The lowest BCUT2D eigenvalue weighted by Crippen LogP contribution is -2.30. The van der Waals surface area contributed by atoms with Crippen molar-refractivity contribution in [3.63, 3.8) is 0 Å². The summed E-state index contributed by atoms with van der Waals surface area (Å²) >= 11 is 0. The second-order valence-electron chi connectivity index (χ2n) is 7.88. The van der Waals surface area contributed by atoms with Crippen LogP contribution in [0.4, 0.5) is 5.69 Å². The molecular weight excluding hydrogens is 368 g/mol. The predicted octanol–water partition coefficient (Wildman–Crippen LogP) is 3.12. The highest BCUT2D eigenvalue weighted by molar-refractivity contribution is 5.97. The highest BCUT2D eigenvalue weighted by Gasteiger charge is 2.34. The topological polar surface area (TPSA) is 76.5 Å². The first-order valence-corrected chi connectivity index (χ1v) is 10.1. The van der Waals surface area contributed by atoms with Gasteiger partial charge in [0.15, 0.2) is 0 Å². The van der Waals surface area contributed by atoms with E-state index in [9.17, 15) is 9.59 Å². The number of carbonyl (C=O) groups excluding carboxylic acids is 2. The smallest absolute Gasteiger partial charge is 0.229 e. The Morgan fingerprint density at radius 3 is 2.69 bits per heavy atom. The van der Waals surface area contributed by atoms with Crippen molar-refractivity contribution in [3.05, 3.63) is 41.2 Å². The van der Waals surface area contributed by atoms with Crippen LogP contribution >= 0.6 is 0 Å². The lowest BCUT2D eigenvalue weighted by Gasteiger charge is -2.17. The van der Waals surface area contributed by atoms with Crippen molar-refractivity contribution in [2.24, 2.45) is 5.92 Å². The lowest BCUT2D eigenvalue weighted by atomic mass is 10.1. The van der Waals surface area contributed by atoms with Gasteiger partial charge in [-0.25, -0.2) is 0 Å². The maximum Gasteiger partial charge on any atom is 0.229 e. The molecule has 0 bridgehead atoms. The molecule has 7 heteroatoms. The summed E-state index contributed by atoms with van der Waals surface area (Å²) in [6, 6.07) is 8.02. The van der Waals surface area contributed by atoms with Crippen LogP contribution in [0.3, 0.4) is 0 Å². The van der Waals surface area contributed by atoms with Crippen molar-refractivity contribution in [2.45, 2.75) is 46.6 Å². The molecule has 29 heavy (non-hydrogen) atoms. The molecule has 0 spiro atoms. The molecule has 156 valence electrons. The molecule has 7 nitrogen and oxygen atoms in total. The SMILES string of the molecule is COc1ccccc1CCN1C[C@@H](C(=O)Nc2c(C)nn(C(C)C)c2C)CC1=O. The Kier molecular flexibility index (Phi) is 6.25. The van der Waals surface area contributed by atoms with E-state index in [-0.39, 0.29) is 30.2 Å². The molecule has 0 saturated carbocycles. The quantitative estimate of drug-likeness (QED) is 0.777. The molecule has 2 amide bonds. The number of aromatic nitrogens is 2. The maximum atomic E-state index is 12.8. The van der Waals surface area contributed by atoms with Gasteiger partial charge in [0.2, 0.25) is 11.8 Å². The summed E-state index contributed by atoms with van der Waals surface area (Å²) in [5.74, 6) is 0.377. The molecule has 1 aliphatic heterocycles. The number of methoxy groups -OCH3 is 1. The molecule has 1 N–H and O–H groups in total. The summed E-state index contributed by atoms with van der Waals surface area (Å²) < 4.78 is 7.29. The fraction of sp³-hybridized carbons (Fsp3) is 0.500. The number of rotatable bonds is 7. The van der Waals surface area contributed by atoms with Gasteiger partial charge in [0.25, 0.3) is 0 Å². The third-order valence-electron chi connectivity index (χ3n) is 5.49. The van der Waals surface area contributed by atoms with Crippen molar-refractivity contribution in [2.75, 3.05) is 25.5 Å². The first-order chi connectivity index (χ1) is 13.8. The van der Waals surface area contributed by atoms with Crippen LogP contribution in [0.5, 0.6) is 5.75 Å². The summed E-state index contributed by atoms with van der Waals surface area (Å²) in [7, 11) is 1.64. The van der Waals surface area contributed by atoms with Crippen LogP contribution in [0.15, 0.2) is 24.3 Å².